The van der Waals surface area contributed by atoms with Gasteiger partial charge in [0, 0.05) is 16.7 Å². The molecule has 0 aromatic heterocycles. The summed E-state index contributed by atoms with van der Waals surface area (Å²) < 4.78 is 27.5. The number of carbonyl (C=O) groups excluding carboxylic acids is 1. The Hall–Kier alpha value is -1.95. The van der Waals surface area contributed by atoms with Crippen LogP contribution in [0.2, 0.25) is 0 Å². The van der Waals surface area contributed by atoms with Crippen molar-refractivity contribution in [3.05, 3.63) is 63.6 Å². The van der Waals surface area contributed by atoms with Gasteiger partial charge in [0.1, 0.15) is 17.2 Å². The highest BCUT2D eigenvalue weighted by Crippen LogP contribution is 2.19. The Bertz CT molecular complexity index is 636. The van der Waals surface area contributed by atoms with E-state index in [2.05, 4.69) is 21.2 Å². The van der Waals surface area contributed by atoms with Crippen LogP contribution in [0.5, 0.6) is 0 Å². The zero-order chi connectivity index (χ0) is 15.4. The number of rotatable bonds is 4. The maximum Gasteiger partial charge on any atom is 0.257 e. The molecule has 0 atom stereocenters. The summed E-state index contributed by atoms with van der Waals surface area (Å²) in [6.07, 6.45) is 0.547. The Balaban J connectivity index is 1.98. The third-order valence-electron chi connectivity index (χ3n) is 2.91. The second kappa shape index (κ2) is 6.67. The van der Waals surface area contributed by atoms with E-state index in [1.807, 2.05) is 12.1 Å². The van der Waals surface area contributed by atoms with E-state index in [1.165, 1.54) is 0 Å². The first-order valence-corrected chi connectivity index (χ1v) is 7.04. The molecule has 1 amide bonds. The van der Waals surface area contributed by atoms with E-state index in [0.29, 0.717) is 12.1 Å². The summed E-state index contributed by atoms with van der Waals surface area (Å²) in [6.45, 7) is 0.275. The molecule has 110 valence electrons. The molecular formula is C15H13BrF2N2O. The van der Waals surface area contributed by atoms with Crippen LogP contribution in [0.3, 0.4) is 0 Å². The minimum absolute atomic E-state index is 0.246. The van der Waals surface area contributed by atoms with Gasteiger partial charge in [-0.05, 0) is 36.2 Å². The Kier molecular flexibility index (Phi) is 4.90. The molecule has 21 heavy (non-hydrogen) atoms. The van der Waals surface area contributed by atoms with Crippen LogP contribution in [0.25, 0.3) is 0 Å². The number of benzene rings is 2. The first kappa shape index (κ1) is 15.4. The molecule has 0 aliphatic heterocycles. The molecule has 0 bridgehead atoms. The van der Waals surface area contributed by atoms with E-state index < -0.39 is 23.1 Å². The smallest absolute Gasteiger partial charge is 0.257 e. The van der Waals surface area contributed by atoms with Crippen LogP contribution >= 0.6 is 15.9 Å². The number of hydrogen-bond donors (Lipinski definition) is 2. The van der Waals surface area contributed by atoms with Crippen molar-refractivity contribution < 1.29 is 13.6 Å². The number of hydrogen-bond acceptors (Lipinski definition) is 2. The van der Waals surface area contributed by atoms with Crippen molar-refractivity contribution in [3.8, 4) is 0 Å². The Morgan fingerprint density at radius 1 is 1.14 bits per heavy atom. The molecule has 0 spiro atoms. The minimum atomic E-state index is -0.896. The van der Waals surface area contributed by atoms with Crippen molar-refractivity contribution in [1.29, 1.82) is 0 Å². The third-order valence-corrected chi connectivity index (χ3v) is 3.37. The number of nitrogens with two attached hydrogens (primary N) is 1. The van der Waals surface area contributed by atoms with Gasteiger partial charge in [0.2, 0.25) is 0 Å². The van der Waals surface area contributed by atoms with Crippen molar-refractivity contribution in [1.82, 2.24) is 5.32 Å². The monoisotopic (exact) mass is 354 g/mol. The Morgan fingerprint density at radius 3 is 2.29 bits per heavy atom. The molecule has 0 unspecified atom stereocenters. The average Bonchev–Trinajstić information content (AvgIpc) is 2.40. The van der Waals surface area contributed by atoms with Crippen molar-refractivity contribution in [2.24, 2.45) is 0 Å². The fourth-order valence-electron chi connectivity index (χ4n) is 1.85. The molecule has 2 rings (SSSR count). The lowest BCUT2D eigenvalue weighted by molar-refractivity contribution is 0.0945. The highest BCUT2D eigenvalue weighted by molar-refractivity contribution is 9.10. The molecule has 0 heterocycles. The topological polar surface area (TPSA) is 55.1 Å². The number of halogens is 3. The normalized spacial score (nSPS) is 10.4. The summed E-state index contributed by atoms with van der Waals surface area (Å²) in [6, 6.07) is 9.29. The Morgan fingerprint density at radius 2 is 1.71 bits per heavy atom. The zero-order valence-electron chi connectivity index (χ0n) is 11.0. The maximum atomic E-state index is 13.6. The van der Waals surface area contributed by atoms with Gasteiger partial charge in [0.15, 0.2) is 0 Å². The molecule has 3 nitrogen and oxygen atoms in total. The van der Waals surface area contributed by atoms with Crippen molar-refractivity contribution in [2.45, 2.75) is 6.42 Å². The lowest BCUT2D eigenvalue weighted by Crippen LogP contribution is -2.27. The van der Waals surface area contributed by atoms with Gasteiger partial charge in [0.25, 0.3) is 5.91 Å². The van der Waals surface area contributed by atoms with E-state index in [1.54, 1.807) is 12.1 Å². The van der Waals surface area contributed by atoms with Gasteiger partial charge in [-0.2, -0.15) is 0 Å². The van der Waals surface area contributed by atoms with Crippen LogP contribution in [0.1, 0.15) is 15.9 Å². The van der Waals surface area contributed by atoms with Crippen molar-refractivity contribution in [2.75, 3.05) is 12.3 Å². The molecule has 0 fully saturated rings. The number of amides is 1. The molecule has 2 aromatic carbocycles. The number of anilines is 1. The van der Waals surface area contributed by atoms with Crippen LogP contribution < -0.4 is 11.1 Å². The summed E-state index contributed by atoms with van der Waals surface area (Å²) in [5, 5.41) is 2.50. The summed E-state index contributed by atoms with van der Waals surface area (Å²) in [5.74, 6) is -2.56. The average molecular weight is 355 g/mol. The van der Waals surface area contributed by atoms with Crippen LogP contribution in [0.15, 0.2) is 40.9 Å². The predicted molar refractivity (Wildman–Crippen MR) is 80.9 cm³/mol. The van der Waals surface area contributed by atoms with Gasteiger partial charge in [-0.1, -0.05) is 28.1 Å². The van der Waals surface area contributed by atoms with E-state index in [-0.39, 0.29) is 11.0 Å². The number of carbonyl (C=O) groups is 1. The Labute approximate surface area is 129 Å². The molecule has 0 aliphatic rings. The molecule has 0 saturated carbocycles. The van der Waals surface area contributed by atoms with Gasteiger partial charge in [-0.3, -0.25) is 4.79 Å². The predicted octanol–water partition coefficient (Wildman–Crippen LogP) is 3.28. The van der Waals surface area contributed by atoms with Gasteiger partial charge in [-0.25, -0.2) is 8.78 Å². The molecule has 3 N–H and O–H groups in total. The van der Waals surface area contributed by atoms with Crippen molar-refractivity contribution >= 4 is 27.5 Å². The largest absolute Gasteiger partial charge is 0.399 e. The summed E-state index contributed by atoms with van der Waals surface area (Å²) >= 11 is 2.96. The summed E-state index contributed by atoms with van der Waals surface area (Å²) in [5.41, 5.74) is 6.62. The van der Waals surface area contributed by atoms with E-state index >= 15 is 0 Å². The number of nitrogen functional groups attached to an aromatic ring is 1. The lowest BCUT2D eigenvalue weighted by Gasteiger charge is -2.08. The van der Waals surface area contributed by atoms with Crippen LogP contribution in [-0.4, -0.2) is 12.5 Å². The molecular weight excluding hydrogens is 342 g/mol. The van der Waals surface area contributed by atoms with Crippen LogP contribution in [-0.2, 0) is 6.42 Å². The van der Waals surface area contributed by atoms with Crippen LogP contribution in [0, 0.1) is 11.6 Å². The molecule has 2 aromatic rings. The minimum Gasteiger partial charge on any atom is -0.399 e. The van der Waals surface area contributed by atoms with Crippen molar-refractivity contribution in [3.63, 3.8) is 0 Å². The second-order valence-corrected chi connectivity index (χ2v) is 5.41. The fourth-order valence-corrected chi connectivity index (χ4v) is 2.25. The van der Waals surface area contributed by atoms with E-state index in [9.17, 15) is 13.6 Å². The quantitative estimate of drug-likeness (QED) is 0.827. The van der Waals surface area contributed by atoms with Gasteiger partial charge in [0.05, 0.1) is 0 Å². The zero-order valence-corrected chi connectivity index (χ0v) is 12.6. The standard InChI is InChI=1S/C15H13BrF2N2O/c16-10-7-12(17)14(13(18)8-10)15(21)20-6-5-9-1-3-11(19)4-2-9/h1-4,7-8H,5-6,19H2,(H,20,21). The maximum absolute atomic E-state index is 13.6. The van der Waals surface area contributed by atoms with E-state index in [0.717, 1.165) is 17.7 Å². The van der Waals surface area contributed by atoms with Gasteiger partial charge < -0.3 is 11.1 Å². The summed E-state index contributed by atoms with van der Waals surface area (Å²) in [7, 11) is 0. The highest BCUT2D eigenvalue weighted by Gasteiger charge is 2.17. The first-order valence-electron chi connectivity index (χ1n) is 6.24. The summed E-state index contributed by atoms with van der Waals surface area (Å²) in [4.78, 5) is 11.8. The highest BCUT2D eigenvalue weighted by atomic mass is 79.9. The molecule has 0 aliphatic carbocycles. The van der Waals surface area contributed by atoms with Gasteiger partial charge >= 0.3 is 0 Å². The lowest BCUT2D eigenvalue weighted by atomic mass is 10.1. The molecule has 0 saturated heterocycles. The van der Waals surface area contributed by atoms with E-state index in [4.69, 9.17) is 5.73 Å². The molecule has 0 radical (unpaired) electrons. The third kappa shape index (κ3) is 4.01. The van der Waals surface area contributed by atoms with Gasteiger partial charge in [-0.15, -0.1) is 0 Å². The second-order valence-electron chi connectivity index (χ2n) is 4.49. The SMILES string of the molecule is Nc1ccc(CCNC(=O)c2c(F)cc(Br)cc2F)cc1. The fraction of sp³-hybridized carbons (Fsp3) is 0.133. The first-order chi connectivity index (χ1) is 9.97. The van der Waals surface area contributed by atoms with Crippen LogP contribution in [0.4, 0.5) is 14.5 Å². The molecule has 6 heteroatoms. The number of nitrogens with one attached hydrogen (secondary N) is 1.